The van der Waals surface area contributed by atoms with Crippen molar-refractivity contribution >= 4 is 23.2 Å². The fourth-order valence-corrected chi connectivity index (χ4v) is 4.74. The number of amides is 2. The summed E-state index contributed by atoms with van der Waals surface area (Å²) in [6.45, 7) is 5.12. The van der Waals surface area contributed by atoms with Crippen LogP contribution in [0, 0.1) is 0 Å². The topological polar surface area (TPSA) is 86.4 Å². The molecule has 0 bridgehead atoms. The number of rotatable bonds is 7. The molecule has 1 unspecified atom stereocenters. The van der Waals surface area contributed by atoms with Crippen molar-refractivity contribution in [3.05, 3.63) is 47.5 Å². The minimum Gasteiger partial charge on any atom is -0.497 e. The number of ether oxygens (including phenoxy) is 2. The molecule has 1 atom stereocenters. The van der Waals surface area contributed by atoms with Crippen LogP contribution >= 0.6 is 0 Å². The summed E-state index contributed by atoms with van der Waals surface area (Å²) in [7, 11) is 7.28. The Morgan fingerprint density at radius 2 is 1.71 bits per heavy atom. The van der Waals surface area contributed by atoms with Gasteiger partial charge in [-0.15, -0.1) is 0 Å². The maximum atomic E-state index is 12.7. The van der Waals surface area contributed by atoms with Crippen molar-refractivity contribution < 1.29 is 19.1 Å². The lowest BCUT2D eigenvalue weighted by Gasteiger charge is -2.38. The summed E-state index contributed by atoms with van der Waals surface area (Å²) in [6.07, 6.45) is 1.02. The number of hydrogen-bond acceptors (Lipinski definition) is 7. The molecule has 2 N–H and O–H groups in total. The van der Waals surface area contributed by atoms with E-state index in [4.69, 9.17) is 9.47 Å². The molecule has 2 aromatic carbocycles. The van der Waals surface area contributed by atoms with Gasteiger partial charge in [0.25, 0.3) is 0 Å². The Labute approximate surface area is 207 Å². The molecule has 2 heterocycles. The summed E-state index contributed by atoms with van der Waals surface area (Å²) in [4.78, 5) is 32.4. The van der Waals surface area contributed by atoms with E-state index in [1.807, 2.05) is 0 Å². The van der Waals surface area contributed by atoms with Crippen LogP contribution in [0.4, 0.5) is 11.4 Å². The van der Waals surface area contributed by atoms with Gasteiger partial charge in [0.1, 0.15) is 11.5 Å². The largest absolute Gasteiger partial charge is 0.497 e. The summed E-state index contributed by atoms with van der Waals surface area (Å²) in [5.74, 6) is -0.396. The molecule has 0 aromatic heterocycles. The zero-order valence-corrected chi connectivity index (χ0v) is 21.0. The Hall–Kier alpha value is -3.30. The van der Waals surface area contributed by atoms with Crippen molar-refractivity contribution in [2.75, 3.05) is 77.8 Å². The standard InChI is InChI=1S/C26H35N5O4/c1-29-11-13-31(14-12-29)23(18-5-8-22-19(15-18)9-10-30(22)2)17-27-25(32)26(33)28-21-7-6-20(34-3)16-24(21)35-4/h5-8,15-16,23H,9-14,17H2,1-4H3,(H,27,32)(H,28,33). The SMILES string of the molecule is COc1ccc(NC(=O)C(=O)NCC(c2ccc3c(c2)CCN3C)N2CCN(C)CC2)c(OC)c1. The first-order valence-corrected chi connectivity index (χ1v) is 12.0. The van der Waals surface area contributed by atoms with Crippen LogP contribution < -0.4 is 25.0 Å². The van der Waals surface area contributed by atoms with E-state index in [1.54, 1.807) is 25.3 Å². The fraction of sp³-hybridized carbons (Fsp3) is 0.462. The first kappa shape index (κ1) is 24.8. The van der Waals surface area contributed by atoms with Gasteiger partial charge in [-0.3, -0.25) is 14.5 Å². The molecule has 9 heteroatoms. The van der Waals surface area contributed by atoms with Crippen LogP contribution in [0.3, 0.4) is 0 Å². The molecular formula is C26H35N5O4. The number of nitrogens with one attached hydrogen (secondary N) is 2. The van der Waals surface area contributed by atoms with Gasteiger partial charge in [0.2, 0.25) is 0 Å². The second-order valence-electron chi connectivity index (χ2n) is 9.15. The van der Waals surface area contributed by atoms with Gasteiger partial charge in [0.15, 0.2) is 0 Å². The maximum Gasteiger partial charge on any atom is 0.313 e. The smallest absolute Gasteiger partial charge is 0.313 e. The number of benzene rings is 2. The Kier molecular flexibility index (Phi) is 7.77. The lowest BCUT2D eigenvalue weighted by molar-refractivity contribution is -0.136. The Bertz CT molecular complexity index is 1070. The third-order valence-electron chi connectivity index (χ3n) is 6.91. The predicted molar refractivity (Wildman–Crippen MR) is 136 cm³/mol. The van der Waals surface area contributed by atoms with E-state index in [2.05, 4.69) is 57.6 Å². The van der Waals surface area contributed by atoms with Gasteiger partial charge >= 0.3 is 11.8 Å². The molecule has 1 fully saturated rings. The zero-order chi connectivity index (χ0) is 24.9. The molecule has 1 saturated heterocycles. The van der Waals surface area contributed by atoms with E-state index in [0.29, 0.717) is 23.7 Å². The van der Waals surface area contributed by atoms with E-state index in [9.17, 15) is 9.59 Å². The van der Waals surface area contributed by atoms with Crippen LogP contribution in [0.1, 0.15) is 17.2 Å². The van der Waals surface area contributed by atoms with Crippen LogP contribution in [0.2, 0.25) is 0 Å². The van der Waals surface area contributed by atoms with Gasteiger partial charge in [-0.1, -0.05) is 12.1 Å². The number of nitrogens with zero attached hydrogens (tertiary/aromatic N) is 3. The maximum absolute atomic E-state index is 12.7. The number of hydrogen-bond donors (Lipinski definition) is 2. The van der Waals surface area contributed by atoms with Crippen molar-refractivity contribution in [3.8, 4) is 11.5 Å². The van der Waals surface area contributed by atoms with Crippen LogP contribution in [-0.4, -0.2) is 89.2 Å². The molecule has 0 radical (unpaired) electrons. The second kappa shape index (κ2) is 11.0. The van der Waals surface area contributed by atoms with Crippen molar-refractivity contribution in [1.82, 2.24) is 15.1 Å². The summed E-state index contributed by atoms with van der Waals surface area (Å²) >= 11 is 0. The summed E-state index contributed by atoms with van der Waals surface area (Å²) in [6, 6.07) is 11.6. The minimum absolute atomic E-state index is 0.00724. The Morgan fingerprint density at radius 3 is 2.43 bits per heavy atom. The minimum atomic E-state index is -0.735. The van der Waals surface area contributed by atoms with E-state index in [1.165, 1.54) is 23.9 Å². The summed E-state index contributed by atoms with van der Waals surface area (Å²) in [5, 5.41) is 5.51. The molecule has 0 aliphatic carbocycles. The van der Waals surface area contributed by atoms with E-state index >= 15 is 0 Å². The number of piperazine rings is 1. The number of carbonyl (C=O) groups is 2. The van der Waals surface area contributed by atoms with Crippen molar-refractivity contribution in [1.29, 1.82) is 0 Å². The Morgan fingerprint density at radius 1 is 0.943 bits per heavy atom. The molecule has 188 valence electrons. The molecule has 0 spiro atoms. The fourth-order valence-electron chi connectivity index (χ4n) is 4.74. The molecule has 35 heavy (non-hydrogen) atoms. The molecule has 2 amide bonds. The molecule has 0 saturated carbocycles. The highest BCUT2D eigenvalue weighted by molar-refractivity contribution is 6.39. The highest BCUT2D eigenvalue weighted by Gasteiger charge is 2.27. The molecule has 2 aromatic rings. The first-order chi connectivity index (χ1) is 16.9. The Balaban J connectivity index is 1.45. The monoisotopic (exact) mass is 481 g/mol. The van der Waals surface area contributed by atoms with Gasteiger partial charge in [-0.25, -0.2) is 0 Å². The number of fused-ring (bicyclic) bond motifs is 1. The van der Waals surface area contributed by atoms with Crippen molar-refractivity contribution in [3.63, 3.8) is 0 Å². The molecule has 2 aliphatic rings. The molecule has 2 aliphatic heterocycles. The number of carbonyl (C=O) groups excluding carboxylic acids is 2. The van der Waals surface area contributed by atoms with E-state index in [-0.39, 0.29) is 6.04 Å². The van der Waals surface area contributed by atoms with Gasteiger partial charge in [-0.2, -0.15) is 0 Å². The average Bonchev–Trinajstić information content (AvgIpc) is 3.25. The lowest BCUT2D eigenvalue weighted by atomic mass is 10.00. The van der Waals surface area contributed by atoms with Crippen molar-refractivity contribution in [2.45, 2.75) is 12.5 Å². The third kappa shape index (κ3) is 5.68. The second-order valence-corrected chi connectivity index (χ2v) is 9.15. The molecule has 9 nitrogen and oxygen atoms in total. The van der Waals surface area contributed by atoms with E-state index < -0.39 is 11.8 Å². The number of methoxy groups -OCH3 is 2. The normalized spacial score (nSPS) is 17.0. The highest BCUT2D eigenvalue weighted by atomic mass is 16.5. The summed E-state index contributed by atoms with van der Waals surface area (Å²) in [5.41, 5.74) is 4.18. The summed E-state index contributed by atoms with van der Waals surface area (Å²) < 4.78 is 10.5. The van der Waals surface area contributed by atoms with E-state index in [0.717, 1.165) is 39.1 Å². The van der Waals surface area contributed by atoms with Gasteiger partial charge in [0, 0.05) is 58.1 Å². The quantitative estimate of drug-likeness (QED) is 0.583. The predicted octanol–water partition coefficient (Wildman–Crippen LogP) is 1.74. The van der Waals surface area contributed by atoms with Gasteiger partial charge in [0.05, 0.1) is 25.9 Å². The van der Waals surface area contributed by atoms with Gasteiger partial charge < -0.3 is 29.9 Å². The average molecular weight is 482 g/mol. The van der Waals surface area contributed by atoms with Crippen LogP contribution in [0.15, 0.2) is 36.4 Å². The van der Waals surface area contributed by atoms with Gasteiger partial charge in [-0.05, 0) is 42.8 Å². The molecular weight excluding hydrogens is 446 g/mol. The number of anilines is 2. The highest BCUT2D eigenvalue weighted by Crippen LogP contribution is 2.32. The van der Waals surface area contributed by atoms with Crippen LogP contribution in [0.25, 0.3) is 0 Å². The third-order valence-corrected chi connectivity index (χ3v) is 6.91. The lowest BCUT2D eigenvalue weighted by Crippen LogP contribution is -2.49. The zero-order valence-electron chi connectivity index (χ0n) is 21.0. The molecule has 4 rings (SSSR count). The van der Waals surface area contributed by atoms with Crippen molar-refractivity contribution in [2.24, 2.45) is 0 Å². The first-order valence-electron chi connectivity index (χ1n) is 12.0. The van der Waals surface area contributed by atoms with Crippen LogP contribution in [0.5, 0.6) is 11.5 Å². The van der Waals surface area contributed by atoms with Crippen LogP contribution in [-0.2, 0) is 16.0 Å². The number of likely N-dealkylation sites (N-methyl/N-ethyl adjacent to an activating group) is 2.